The van der Waals surface area contributed by atoms with Crippen molar-refractivity contribution in [3.63, 3.8) is 0 Å². The van der Waals surface area contributed by atoms with Crippen molar-refractivity contribution >= 4 is 35.0 Å². The van der Waals surface area contributed by atoms with Crippen LogP contribution >= 0.6 is 23.4 Å². The van der Waals surface area contributed by atoms with E-state index in [9.17, 15) is 4.79 Å². The second-order valence-corrected chi connectivity index (χ2v) is 8.41. The number of aryl methyl sites for hydroxylation is 1. The zero-order chi connectivity index (χ0) is 19.4. The molecule has 1 aromatic carbocycles. The fourth-order valence-electron chi connectivity index (χ4n) is 2.52. The summed E-state index contributed by atoms with van der Waals surface area (Å²) in [5, 5.41) is 4.00. The molecule has 0 spiro atoms. The first-order chi connectivity index (χ1) is 12.2. The SMILES string of the molecule is COc1ccc(Cl)cc1NC(=O)[C@H](C)Sc1nc(C)c(C)n1CC(C)C. The van der Waals surface area contributed by atoms with Crippen molar-refractivity contribution in [2.75, 3.05) is 12.4 Å². The predicted molar refractivity (Wildman–Crippen MR) is 108 cm³/mol. The Labute approximate surface area is 164 Å². The fourth-order valence-corrected chi connectivity index (χ4v) is 3.70. The van der Waals surface area contributed by atoms with Crippen molar-refractivity contribution in [3.8, 4) is 5.75 Å². The van der Waals surface area contributed by atoms with Gasteiger partial charge in [-0.25, -0.2) is 4.98 Å². The minimum absolute atomic E-state index is 0.120. The summed E-state index contributed by atoms with van der Waals surface area (Å²) in [5.74, 6) is 0.958. The van der Waals surface area contributed by atoms with E-state index >= 15 is 0 Å². The fraction of sp³-hybridized carbons (Fsp3) is 0.474. The number of anilines is 1. The summed E-state index contributed by atoms with van der Waals surface area (Å²) in [6.45, 7) is 11.2. The van der Waals surface area contributed by atoms with E-state index in [4.69, 9.17) is 16.3 Å². The third-order valence-electron chi connectivity index (χ3n) is 4.04. The minimum Gasteiger partial charge on any atom is -0.495 e. The summed E-state index contributed by atoms with van der Waals surface area (Å²) in [4.78, 5) is 17.3. The zero-order valence-electron chi connectivity index (χ0n) is 16.1. The lowest BCUT2D eigenvalue weighted by molar-refractivity contribution is -0.115. The van der Waals surface area contributed by atoms with Crippen LogP contribution in [0.4, 0.5) is 5.69 Å². The zero-order valence-corrected chi connectivity index (χ0v) is 17.7. The molecule has 0 aliphatic rings. The quantitative estimate of drug-likeness (QED) is 0.675. The highest BCUT2D eigenvalue weighted by molar-refractivity contribution is 8.00. The number of ether oxygens (including phenoxy) is 1. The van der Waals surface area contributed by atoms with Gasteiger partial charge in [0.2, 0.25) is 5.91 Å². The number of benzene rings is 1. The predicted octanol–water partition coefficient (Wildman–Crippen LogP) is 4.94. The Kier molecular flexibility index (Phi) is 7.01. The lowest BCUT2D eigenvalue weighted by Gasteiger charge is -2.16. The third-order valence-corrected chi connectivity index (χ3v) is 5.37. The Hall–Kier alpha value is -1.66. The Morgan fingerprint density at radius 3 is 2.65 bits per heavy atom. The number of imidazole rings is 1. The van der Waals surface area contributed by atoms with Crippen LogP contribution in [-0.4, -0.2) is 27.8 Å². The second kappa shape index (κ2) is 8.82. The molecule has 0 bridgehead atoms. The van der Waals surface area contributed by atoms with Crippen molar-refractivity contribution in [2.24, 2.45) is 5.92 Å². The first kappa shape index (κ1) is 20.6. The summed E-state index contributed by atoms with van der Waals surface area (Å²) in [6, 6.07) is 5.14. The van der Waals surface area contributed by atoms with E-state index in [0.717, 1.165) is 23.1 Å². The highest BCUT2D eigenvalue weighted by atomic mass is 35.5. The van der Waals surface area contributed by atoms with Gasteiger partial charge >= 0.3 is 0 Å². The van der Waals surface area contributed by atoms with Gasteiger partial charge in [0.15, 0.2) is 5.16 Å². The van der Waals surface area contributed by atoms with Crippen LogP contribution in [0.3, 0.4) is 0 Å². The average Bonchev–Trinajstić information content (AvgIpc) is 2.82. The molecule has 7 heteroatoms. The van der Waals surface area contributed by atoms with E-state index in [1.807, 2.05) is 13.8 Å². The highest BCUT2D eigenvalue weighted by Gasteiger charge is 2.21. The molecule has 142 valence electrons. The number of carbonyl (C=O) groups is 1. The standard InChI is InChI=1S/C19H26ClN3O2S/c1-11(2)10-23-13(4)12(3)21-19(23)26-14(5)18(24)22-16-9-15(20)7-8-17(16)25-6/h7-9,11,14H,10H2,1-6H3,(H,22,24)/t14-/m0/s1. The summed E-state index contributed by atoms with van der Waals surface area (Å²) >= 11 is 7.49. The molecule has 0 unspecified atom stereocenters. The molecule has 1 aromatic heterocycles. The molecule has 0 aliphatic heterocycles. The molecule has 1 atom stereocenters. The topological polar surface area (TPSA) is 56.1 Å². The van der Waals surface area contributed by atoms with E-state index < -0.39 is 0 Å². The van der Waals surface area contributed by atoms with Gasteiger partial charge in [-0.2, -0.15) is 0 Å². The van der Waals surface area contributed by atoms with Gasteiger partial charge in [0.1, 0.15) is 5.75 Å². The maximum absolute atomic E-state index is 12.7. The van der Waals surface area contributed by atoms with Gasteiger partial charge in [0, 0.05) is 17.3 Å². The Morgan fingerprint density at radius 2 is 2.04 bits per heavy atom. The van der Waals surface area contributed by atoms with E-state index in [1.165, 1.54) is 11.8 Å². The van der Waals surface area contributed by atoms with Crippen molar-refractivity contribution < 1.29 is 9.53 Å². The molecule has 0 fully saturated rings. The van der Waals surface area contributed by atoms with Gasteiger partial charge in [-0.05, 0) is 44.9 Å². The summed E-state index contributed by atoms with van der Waals surface area (Å²) < 4.78 is 7.47. The van der Waals surface area contributed by atoms with Crippen LogP contribution < -0.4 is 10.1 Å². The Bertz CT molecular complexity index is 789. The summed E-state index contributed by atoms with van der Waals surface area (Å²) in [5.41, 5.74) is 2.71. The number of aromatic nitrogens is 2. The maximum atomic E-state index is 12.7. The van der Waals surface area contributed by atoms with Crippen LogP contribution in [-0.2, 0) is 11.3 Å². The van der Waals surface area contributed by atoms with Crippen molar-refractivity contribution in [2.45, 2.75) is 51.6 Å². The summed E-state index contributed by atoms with van der Waals surface area (Å²) in [6.07, 6.45) is 0. The third kappa shape index (κ3) is 4.95. The number of rotatable bonds is 7. The van der Waals surface area contributed by atoms with Crippen LogP contribution in [0, 0.1) is 19.8 Å². The molecule has 1 N–H and O–H groups in total. The molecule has 26 heavy (non-hydrogen) atoms. The van der Waals surface area contributed by atoms with E-state index in [0.29, 0.717) is 22.4 Å². The van der Waals surface area contributed by atoms with Gasteiger partial charge in [-0.15, -0.1) is 0 Å². The molecule has 2 aromatic rings. The number of hydrogen-bond acceptors (Lipinski definition) is 4. The number of carbonyl (C=O) groups excluding carboxylic acids is 1. The van der Waals surface area contributed by atoms with Crippen LogP contribution in [0.5, 0.6) is 5.75 Å². The molecule has 2 rings (SSSR count). The Morgan fingerprint density at radius 1 is 1.35 bits per heavy atom. The van der Waals surface area contributed by atoms with Crippen LogP contribution in [0.2, 0.25) is 5.02 Å². The lowest BCUT2D eigenvalue weighted by atomic mass is 10.2. The van der Waals surface area contributed by atoms with Crippen molar-refractivity contribution in [1.82, 2.24) is 9.55 Å². The summed E-state index contributed by atoms with van der Waals surface area (Å²) in [7, 11) is 1.56. The van der Waals surface area contributed by atoms with Crippen molar-refractivity contribution in [1.29, 1.82) is 0 Å². The number of hydrogen-bond donors (Lipinski definition) is 1. The Balaban J connectivity index is 2.15. The lowest BCUT2D eigenvalue weighted by Crippen LogP contribution is -2.23. The molecular weight excluding hydrogens is 370 g/mol. The van der Waals surface area contributed by atoms with Crippen molar-refractivity contribution in [3.05, 3.63) is 34.6 Å². The maximum Gasteiger partial charge on any atom is 0.237 e. The van der Waals surface area contributed by atoms with Gasteiger partial charge in [0.25, 0.3) is 0 Å². The number of amides is 1. The molecule has 0 aliphatic carbocycles. The largest absolute Gasteiger partial charge is 0.495 e. The van der Waals surface area contributed by atoms with Crippen LogP contribution in [0.15, 0.2) is 23.4 Å². The number of nitrogens with one attached hydrogen (secondary N) is 1. The van der Waals surface area contributed by atoms with Gasteiger partial charge < -0.3 is 14.6 Å². The van der Waals surface area contributed by atoms with E-state index in [1.54, 1.807) is 25.3 Å². The molecule has 0 saturated heterocycles. The number of methoxy groups -OCH3 is 1. The average molecular weight is 396 g/mol. The monoisotopic (exact) mass is 395 g/mol. The van der Waals surface area contributed by atoms with Gasteiger partial charge in [-0.3, -0.25) is 4.79 Å². The van der Waals surface area contributed by atoms with E-state index in [2.05, 4.69) is 35.6 Å². The smallest absolute Gasteiger partial charge is 0.237 e. The molecule has 1 heterocycles. The van der Waals surface area contributed by atoms with Crippen LogP contribution in [0.1, 0.15) is 32.2 Å². The normalized spacial score (nSPS) is 12.3. The first-order valence-corrected chi connectivity index (χ1v) is 9.83. The second-order valence-electron chi connectivity index (χ2n) is 6.66. The van der Waals surface area contributed by atoms with Crippen LogP contribution in [0.25, 0.3) is 0 Å². The number of halogens is 1. The number of thioether (sulfide) groups is 1. The van der Waals surface area contributed by atoms with Gasteiger partial charge in [0.05, 0.1) is 23.7 Å². The molecule has 5 nitrogen and oxygen atoms in total. The molecular formula is C19H26ClN3O2S. The molecule has 1 amide bonds. The van der Waals surface area contributed by atoms with E-state index in [-0.39, 0.29) is 11.2 Å². The number of nitrogens with zero attached hydrogens (tertiary/aromatic N) is 2. The van der Waals surface area contributed by atoms with Gasteiger partial charge in [-0.1, -0.05) is 37.2 Å². The molecule has 0 saturated carbocycles. The molecule has 0 radical (unpaired) electrons. The minimum atomic E-state index is -0.314. The highest BCUT2D eigenvalue weighted by Crippen LogP contribution is 2.30. The first-order valence-electron chi connectivity index (χ1n) is 8.57.